The molecule has 1 aliphatic heterocycles. The number of hydrogen-bond acceptors (Lipinski definition) is 8. The summed E-state index contributed by atoms with van der Waals surface area (Å²) in [4.78, 5) is 71.4. The average molecular weight is 879 g/mol. The predicted octanol–water partition coefficient (Wildman–Crippen LogP) is 8.68. The van der Waals surface area contributed by atoms with Crippen LogP contribution in [0.1, 0.15) is 96.0 Å². The fraction of sp³-hybridized carbons (Fsp3) is 0.458. The molecule has 1 saturated carbocycles. The Bertz CT molecular complexity index is 2620. The van der Waals surface area contributed by atoms with Crippen molar-refractivity contribution in [3.8, 4) is 33.5 Å². The highest BCUT2D eigenvalue weighted by Crippen LogP contribution is 2.53. The van der Waals surface area contributed by atoms with E-state index in [9.17, 15) is 19.2 Å². The lowest BCUT2D eigenvalue weighted by molar-refractivity contribution is -0.149. The summed E-state index contributed by atoms with van der Waals surface area (Å²) in [6.45, 7) is 12.2. The molecule has 2 aromatic heterocycles. The molecule has 338 valence electrons. The van der Waals surface area contributed by atoms with Crippen molar-refractivity contribution >= 4 is 35.0 Å². The number of hydrogen-bond donors (Lipinski definition) is 4. The highest BCUT2D eigenvalue weighted by atomic mass is 19.3. The molecule has 1 saturated heterocycles. The fourth-order valence-electron chi connectivity index (χ4n) is 9.05. The lowest BCUT2D eigenvalue weighted by atomic mass is 9.87. The number of benzene rings is 3. The molecular formula is C48H56F2N8O6. The number of carbonyl (C=O) groups is 4. The van der Waals surface area contributed by atoms with Gasteiger partial charge in [0.2, 0.25) is 11.8 Å². The zero-order valence-electron chi connectivity index (χ0n) is 37.5. The smallest absolute Gasteiger partial charge is 0.407 e. The van der Waals surface area contributed by atoms with Crippen molar-refractivity contribution in [1.82, 2.24) is 40.4 Å². The summed E-state index contributed by atoms with van der Waals surface area (Å²) in [5.41, 5.74) is 4.46. The van der Waals surface area contributed by atoms with E-state index in [2.05, 4.69) is 32.5 Å². The van der Waals surface area contributed by atoms with Gasteiger partial charge in [-0.15, -0.1) is 0 Å². The maximum atomic E-state index is 16.6. The van der Waals surface area contributed by atoms with Crippen LogP contribution in [-0.4, -0.2) is 92.6 Å². The van der Waals surface area contributed by atoms with Crippen LogP contribution >= 0.6 is 0 Å². The lowest BCUT2D eigenvalue weighted by Gasteiger charge is -2.49. The summed E-state index contributed by atoms with van der Waals surface area (Å²) in [5, 5.41) is 5.36. The molecule has 3 aliphatic rings. The molecule has 2 aliphatic carbocycles. The number of nitrogens with one attached hydrogen (secondary N) is 4. The van der Waals surface area contributed by atoms with Gasteiger partial charge in [-0.3, -0.25) is 9.59 Å². The van der Waals surface area contributed by atoms with Crippen LogP contribution in [-0.2, 0) is 31.5 Å². The van der Waals surface area contributed by atoms with Gasteiger partial charge >= 0.3 is 12.2 Å². The van der Waals surface area contributed by atoms with Crippen LogP contribution < -0.4 is 10.6 Å². The quantitative estimate of drug-likeness (QED) is 0.0857. The first-order valence-electron chi connectivity index (χ1n) is 22.0. The van der Waals surface area contributed by atoms with Crippen molar-refractivity contribution in [2.75, 3.05) is 20.8 Å². The van der Waals surface area contributed by atoms with Crippen LogP contribution in [0, 0.1) is 17.3 Å². The summed E-state index contributed by atoms with van der Waals surface area (Å²) in [6.07, 6.45) is 3.64. The number of halogens is 2. The number of rotatable bonds is 14. The summed E-state index contributed by atoms with van der Waals surface area (Å²) < 4.78 is 42.7. The molecule has 4 atom stereocenters. The predicted molar refractivity (Wildman–Crippen MR) is 237 cm³/mol. The van der Waals surface area contributed by atoms with Crippen LogP contribution in [0.5, 0.6) is 0 Å². The van der Waals surface area contributed by atoms with E-state index in [1.165, 1.54) is 20.3 Å². The van der Waals surface area contributed by atoms with E-state index >= 15 is 8.78 Å². The van der Waals surface area contributed by atoms with Crippen LogP contribution in [0.15, 0.2) is 60.8 Å². The number of nitrogens with zero attached hydrogens (tertiary/aromatic N) is 4. The van der Waals surface area contributed by atoms with Crippen LogP contribution in [0.25, 0.3) is 44.5 Å². The number of aromatic amines is 2. The zero-order valence-corrected chi connectivity index (χ0v) is 37.5. The Kier molecular flexibility index (Phi) is 11.8. The van der Waals surface area contributed by atoms with Gasteiger partial charge in [-0.05, 0) is 89.5 Å². The van der Waals surface area contributed by atoms with Gasteiger partial charge < -0.3 is 39.9 Å². The molecule has 3 aromatic carbocycles. The number of methoxy groups -OCH3 is 2. The zero-order chi connectivity index (χ0) is 45.8. The first-order chi connectivity index (χ1) is 30.4. The molecule has 16 heteroatoms. The molecule has 0 spiro atoms. The molecule has 14 nitrogen and oxygen atoms in total. The minimum Gasteiger partial charge on any atom is -0.453 e. The van der Waals surface area contributed by atoms with Crippen molar-refractivity contribution in [3.05, 3.63) is 83.6 Å². The number of aromatic nitrogens is 4. The molecule has 0 radical (unpaired) electrons. The van der Waals surface area contributed by atoms with Gasteiger partial charge in [0.25, 0.3) is 5.92 Å². The Morgan fingerprint density at radius 2 is 1.45 bits per heavy atom. The third kappa shape index (κ3) is 8.29. The van der Waals surface area contributed by atoms with Crippen LogP contribution in [0.4, 0.5) is 18.4 Å². The van der Waals surface area contributed by atoms with E-state index in [-0.39, 0.29) is 58.8 Å². The van der Waals surface area contributed by atoms with Gasteiger partial charge in [-0.1, -0.05) is 71.9 Å². The second-order valence-electron chi connectivity index (χ2n) is 18.5. The first-order valence-corrected chi connectivity index (χ1v) is 22.0. The number of H-pyrrole nitrogens is 2. The summed E-state index contributed by atoms with van der Waals surface area (Å²) >= 11 is 0. The van der Waals surface area contributed by atoms with Gasteiger partial charge in [0.1, 0.15) is 23.7 Å². The van der Waals surface area contributed by atoms with Gasteiger partial charge in [-0.25, -0.2) is 19.6 Å². The molecule has 8 rings (SSSR count). The number of alkyl halides is 2. The Labute approximate surface area is 370 Å². The second-order valence-corrected chi connectivity index (χ2v) is 18.5. The Morgan fingerprint density at radius 1 is 0.859 bits per heavy atom. The fourth-order valence-corrected chi connectivity index (χ4v) is 9.05. The van der Waals surface area contributed by atoms with Crippen molar-refractivity contribution in [1.29, 1.82) is 0 Å². The molecule has 0 bridgehead atoms. The molecular weight excluding hydrogens is 823 g/mol. The normalized spacial score (nSPS) is 18.8. The number of amides is 4. The Morgan fingerprint density at radius 3 is 2.06 bits per heavy atom. The van der Waals surface area contributed by atoms with E-state index in [4.69, 9.17) is 14.5 Å². The number of fused-ring (bicyclic) bond motifs is 4. The van der Waals surface area contributed by atoms with Crippen LogP contribution in [0.2, 0.25) is 0 Å². The Balaban J connectivity index is 1.01. The molecule has 64 heavy (non-hydrogen) atoms. The number of likely N-dealkylation sites (tertiary alicyclic amines) is 1. The number of ether oxygens (including phenoxy) is 2. The molecule has 4 N–H and O–H groups in total. The van der Waals surface area contributed by atoms with E-state index in [1.54, 1.807) is 40.3 Å². The number of carbonyl (C=O) groups excluding carboxylic acids is 4. The van der Waals surface area contributed by atoms with E-state index < -0.39 is 30.2 Å². The first kappa shape index (κ1) is 44.3. The third-order valence-corrected chi connectivity index (χ3v) is 13.2. The van der Waals surface area contributed by atoms with Crippen molar-refractivity contribution in [3.63, 3.8) is 0 Å². The minimum atomic E-state index is -3.29. The average Bonchev–Trinajstić information content (AvgIpc) is 3.53. The second kappa shape index (κ2) is 17.0. The lowest BCUT2D eigenvalue weighted by Crippen LogP contribution is -2.60. The van der Waals surface area contributed by atoms with Crippen molar-refractivity contribution < 1.29 is 37.4 Å². The standard InChI is InChI=1S/C48H56F2N8O6/c1-9-30-21-38(58(30)44(60)41(26(4)5)56-46(62)64-8)42-53-35-15-12-28(20-36(35)54-42)27-10-13-31-32-14-11-29(19-34(32)48(49,50)33(31)18-27)37-22-51-39(52-37)23-57(24-47(6)16-17-47)43(59)40(25(2)3)55-45(61)63-7/h10-15,18-20,22,25-26,30,38,40-41H,9,16-17,21,23-24H2,1-8H3,(H,51,52)(H,53,54)(H,55,61)(H,56,62)/t30-,38?,40?,41?/m1/s1. The summed E-state index contributed by atoms with van der Waals surface area (Å²) in [7, 11) is 2.52. The van der Waals surface area contributed by atoms with E-state index in [0.717, 1.165) is 24.8 Å². The topological polar surface area (TPSA) is 175 Å². The SMILES string of the molecule is CC[C@@H]1CC(c2nc3ccc(-c4ccc5c(c4)C(F)(F)c4cc(-c6cnc(CN(CC7(C)CC7)C(=O)C(NC(=O)OC)C(C)C)[nH]6)ccc4-5)cc3[nH]2)N1C(=O)C(NC(=O)OC)C(C)C. The van der Waals surface area contributed by atoms with E-state index in [0.29, 0.717) is 63.6 Å². The molecule has 2 fully saturated rings. The van der Waals surface area contributed by atoms with Crippen molar-refractivity contribution in [2.24, 2.45) is 17.3 Å². The largest absolute Gasteiger partial charge is 0.453 e. The maximum absolute atomic E-state index is 16.6. The number of alkyl carbamates (subject to hydrolysis) is 2. The summed E-state index contributed by atoms with van der Waals surface area (Å²) in [6, 6.07) is 13.8. The molecule has 4 amide bonds. The Hall–Kier alpha value is -6.32. The van der Waals surface area contributed by atoms with Crippen molar-refractivity contribution in [2.45, 2.75) is 104 Å². The van der Waals surface area contributed by atoms with Gasteiger partial charge in [-0.2, -0.15) is 8.78 Å². The van der Waals surface area contributed by atoms with Gasteiger partial charge in [0.05, 0.1) is 49.7 Å². The molecule has 5 aromatic rings. The van der Waals surface area contributed by atoms with Crippen LogP contribution in [0.3, 0.4) is 0 Å². The minimum absolute atomic E-state index is 0.0114. The van der Waals surface area contributed by atoms with Gasteiger partial charge in [0, 0.05) is 29.3 Å². The molecule has 3 heterocycles. The molecule has 3 unspecified atom stereocenters. The highest BCUT2D eigenvalue weighted by molar-refractivity contribution is 5.89. The third-order valence-electron chi connectivity index (χ3n) is 13.2. The van der Waals surface area contributed by atoms with Gasteiger partial charge in [0.15, 0.2) is 0 Å². The van der Waals surface area contributed by atoms with E-state index in [1.807, 2.05) is 58.9 Å². The summed E-state index contributed by atoms with van der Waals surface area (Å²) in [5.74, 6) is -3.00. The number of imidazole rings is 2. The highest BCUT2D eigenvalue weighted by Gasteiger charge is 2.47. The maximum Gasteiger partial charge on any atom is 0.407 e. The monoisotopic (exact) mass is 878 g/mol.